The van der Waals surface area contributed by atoms with Crippen molar-refractivity contribution in [2.75, 3.05) is 36.6 Å². The highest BCUT2D eigenvalue weighted by molar-refractivity contribution is 6.01. The molecule has 30 heavy (non-hydrogen) atoms. The molecule has 0 unspecified atom stereocenters. The molecule has 0 aromatic heterocycles. The fourth-order valence-electron chi connectivity index (χ4n) is 4.04. The Labute approximate surface area is 175 Å². The summed E-state index contributed by atoms with van der Waals surface area (Å²) in [6.07, 6.45) is 0.844. The van der Waals surface area contributed by atoms with Gasteiger partial charge in [-0.25, -0.2) is 0 Å². The number of benzene rings is 2. The van der Waals surface area contributed by atoms with E-state index in [2.05, 4.69) is 0 Å². The Kier molecular flexibility index (Phi) is 5.44. The van der Waals surface area contributed by atoms with Gasteiger partial charge in [-0.3, -0.25) is 14.4 Å². The number of aryl methyl sites for hydroxylation is 1. The normalized spacial score (nSPS) is 17.8. The summed E-state index contributed by atoms with van der Waals surface area (Å²) in [5, 5.41) is 0. The minimum absolute atomic E-state index is 0.0522. The number of methoxy groups -OCH3 is 1. The van der Waals surface area contributed by atoms with E-state index in [0.29, 0.717) is 18.0 Å². The first-order chi connectivity index (χ1) is 14.5. The number of rotatable bonds is 5. The van der Waals surface area contributed by atoms with Crippen molar-refractivity contribution in [3.8, 4) is 5.75 Å². The average Bonchev–Trinajstić information content (AvgIpc) is 3.35. The first kappa shape index (κ1) is 19.9. The van der Waals surface area contributed by atoms with E-state index >= 15 is 0 Å². The predicted octanol–water partition coefficient (Wildman–Crippen LogP) is 2.49. The molecular weight excluding hydrogens is 384 g/mol. The van der Waals surface area contributed by atoms with Gasteiger partial charge in [0.15, 0.2) is 6.61 Å². The zero-order chi connectivity index (χ0) is 21.3. The van der Waals surface area contributed by atoms with Gasteiger partial charge in [-0.05, 0) is 42.7 Å². The van der Waals surface area contributed by atoms with E-state index in [1.54, 1.807) is 23.0 Å². The Bertz CT molecular complexity index is 1000. The van der Waals surface area contributed by atoms with Crippen molar-refractivity contribution in [1.29, 1.82) is 0 Å². The van der Waals surface area contributed by atoms with E-state index in [1.165, 1.54) is 0 Å². The molecule has 0 bridgehead atoms. The van der Waals surface area contributed by atoms with Gasteiger partial charge < -0.3 is 19.3 Å². The smallest absolute Gasteiger partial charge is 0.311 e. The minimum atomic E-state index is -0.610. The van der Waals surface area contributed by atoms with E-state index in [1.807, 2.05) is 43.3 Å². The van der Waals surface area contributed by atoms with Gasteiger partial charge in [-0.1, -0.05) is 24.3 Å². The lowest BCUT2D eigenvalue weighted by Crippen LogP contribution is -2.34. The van der Waals surface area contributed by atoms with Gasteiger partial charge in [-0.15, -0.1) is 0 Å². The third kappa shape index (κ3) is 3.75. The summed E-state index contributed by atoms with van der Waals surface area (Å²) in [6.45, 7) is 2.39. The summed E-state index contributed by atoms with van der Waals surface area (Å²) >= 11 is 0. The summed E-state index contributed by atoms with van der Waals surface area (Å²) in [4.78, 5) is 40.8. The Balaban J connectivity index is 1.38. The molecule has 2 aliphatic rings. The van der Waals surface area contributed by atoms with Crippen LogP contribution in [0.1, 0.15) is 17.5 Å². The van der Waals surface area contributed by atoms with E-state index in [0.717, 1.165) is 23.2 Å². The molecular formula is C23H24N2O5. The van der Waals surface area contributed by atoms with E-state index in [-0.39, 0.29) is 31.4 Å². The van der Waals surface area contributed by atoms with Crippen LogP contribution in [-0.2, 0) is 25.5 Å². The molecule has 0 radical (unpaired) electrons. The Morgan fingerprint density at radius 3 is 2.73 bits per heavy atom. The summed E-state index contributed by atoms with van der Waals surface area (Å²) in [6, 6.07) is 13.3. The van der Waals surface area contributed by atoms with Gasteiger partial charge in [0.25, 0.3) is 5.91 Å². The SMILES string of the molecule is COc1ccc(C)cc1N1C[C@H](C(=O)OCC(=O)N2CCc3ccccc32)CC1=O. The highest BCUT2D eigenvalue weighted by atomic mass is 16.5. The highest BCUT2D eigenvalue weighted by Crippen LogP contribution is 2.34. The number of para-hydroxylation sites is 1. The first-order valence-electron chi connectivity index (χ1n) is 9.98. The van der Waals surface area contributed by atoms with E-state index < -0.39 is 11.9 Å². The van der Waals surface area contributed by atoms with E-state index in [4.69, 9.17) is 9.47 Å². The quantitative estimate of drug-likeness (QED) is 0.711. The van der Waals surface area contributed by atoms with Crippen molar-refractivity contribution in [3.05, 3.63) is 53.6 Å². The number of anilines is 2. The van der Waals surface area contributed by atoms with Crippen LogP contribution in [0.4, 0.5) is 11.4 Å². The zero-order valence-electron chi connectivity index (χ0n) is 17.1. The second-order valence-corrected chi connectivity index (χ2v) is 7.61. The van der Waals surface area contributed by atoms with Gasteiger partial charge in [0.1, 0.15) is 5.75 Å². The molecule has 2 aromatic carbocycles. The van der Waals surface area contributed by atoms with Crippen molar-refractivity contribution in [2.45, 2.75) is 19.8 Å². The molecule has 2 aliphatic heterocycles. The molecule has 0 aliphatic carbocycles. The second kappa shape index (κ2) is 8.18. The summed E-state index contributed by atoms with van der Waals surface area (Å²) < 4.78 is 10.6. The van der Waals surface area contributed by atoms with Crippen molar-refractivity contribution in [1.82, 2.24) is 0 Å². The molecule has 1 atom stereocenters. The van der Waals surface area contributed by atoms with Crippen molar-refractivity contribution in [2.24, 2.45) is 5.92 Å². The van der Waals surface area contributed by atoms with Crippen molar-refractivity contribution >= 4 is 29.2 Å². The van der Waals surface area contributed by atoms with Gasteiger partial charge in [0, 0.05) is 25.2 Å². The van der Waals surface area contributed by atoms with Crippen LogP contribution >= 0.6 is 0 Å². The summed E-state index contributed by atoms with van der Waals surface area (Å²) in [5.74, 6) is -0.985. The Morgan fingerprint density at radius 1 is 1.13 bits per heavy atom. The maximum atomic E-state index is 12.6. The predicted molar refractivity (Wildman–Crippen MR) is 112 cm³/mol. The lowest BCUT2D eigenvalue weighted by atomic mass is 10.1. The largest absolute Gasteiger partial charge is 0.495 e. The molecule has 0 saturated carbocycles. The number of hydrogen-bond donors (Lipinski definition) is 0. The molecule has 0 N–H and O–H groups in total. The van der Waals surface area contributed by atoms with Gasteiger partial charge in [0.2, 0.25) is 5.91 Å². The molecule has 2 amide bonds. The van der Waals surface area contributed by atoms with Crippen LogP contribution < -0.4 is 14.5 Å². The second-order valence-electron chi connectivity index (χ2n) is 7.61. The molecule has 2 heterocycles. The fraction of sp³-hybridized carbons (Fsp3) is 0.348. The lowest BCUT2D eigenvalue weighted by molar-refractivity contribution is -0.151. The molecule has 2 aromatic rings. The molecule has 156 valence electrons. The van der Waals surface area contributed by atoms with Gasteiger partial charge >= 0.3 is 5.97 Å². The standard InChI is InChI=1S/C23H24N2O5/c1-15-7-8-20(29-2)19(11-15)25-13-17(12-21(25)26)23(28)30-14-22(27)24-10-9-16-5-3-4-6-18(16)24/h3-8,11,17H,9-10,12-14H2,1-2H3/t17-/m1/s1. The zero-order valence-corrected chi connectivity index (χ0v) is 17.1. The number of carbonyl (C=O) groups excluding carboxylic acids is 3. The number of amides is 2. The highest BCUT2D eigenvalue weighted by Gasteiger charge is 2.38. The van der Waals surface area contributed by atoms with Crippen molar-refractivity contribution in [3.63, 3.8) is 0 Å². The molecule has 1 fully saturated rings. The third-order valence-corrected chi connectivity index (χ3v) is 5.61. The topological polar surface area (TPSA) is 76.2 Å². The summed E-state index contributed by atoms with van der Waals surface area (Å²) in [7, 11) is 1.54. The Morgan fingerprint density at radius 2 is 1.93 bits per heavy atom. The lowest BCUT2D eigenvalue weighted by Gasteiger charge is -2.20. The number of hydrogen-bond acceptors (Lipinski definition) is 5. The van der Waals surface area contributed by atoms with Crippen molar-refractivity contribution < 1.29 is 23.9 Å². The van der Waals surface area contributed by atoms with Crippen LogP contribution in [0.3, 0.4) is 0 Å². The van der Waals surface area contributed by atoms with Crippen LogP contribution in [0.25, 0.3) is 0 Å². The number of fused-ring (bicyclic) bond motifs is 1. The molecule has 1 saturated heterocycles. The number of nitrogens with zero attached hydrogens (tertiary/aromatic N) is 2. The monoisotopic (exact) mass is 408 g/mol. The van der Waals surface area contributed by atoms with Crippen LogP contribution in [0.5, 0.6) is 5.75 Å². The number of carbonyl (C=O) groups is 3. The van der Waals surface area contributed by atoms with Crippen LogP contribution in [0.15, 0.2) is 42.5 Å². The Hall–Kier alpha value is -3.35. The summed E-state index contributed by atoms with van der Waals surface area (Å²) in [5.41, 5.74) is 3.61. The van der Waals surface area contributed by atoms with Crippen LogP contribution in [-0.4, -0.2) is 44.6 Å². The van der Waals surface area contributed by atoms with Crippen LogP contribution in [0.2, 0.25) is 0 Å². The average molecular weight is 408 g/mol. The van der Waals surface area contributed by atoms with Gasteiger partial charge in [0.05, 0.1) is 18.7 Å². The van der Waals surface area contributed by atoms with E-state index in [9.17, 15) is 14.4 Å². The third-order valence-electron chi connectivity index (χ3n) is 5.61. The minimum Gasteiger partial charge on any atom is -0.495 e. The first-order valence-corrected chi connectivity index (χ1v) is 9.98. The number of esters is 1. The maximum absolute atomic E-state index is 12.6. The maximum Gasteiger partial charge on any atom is 0.311 e. The fourth-order valence-corrected chi connectivity index (χ4v) is 4.04. The van der Waals surface area contributed by atoms with Crippen LogP contribution in [0, 0.1) is 12.8 Å². The number of ether oxygens (including phenoxy) is 2. The molecule has 0 spiro atoms. The van der Waals surface area contributed by atoms with Gasteiger partial charge in [-0.2, -0.15) is 0 Å². The molecule has 4 rings (SSSR count). The molecule has 7 nitrogen and oxygen atoms in total. The molecule has 7 heteroatoms.